The molecular formula is C16H14Cl3N3O2. The van der Waals surface area contributed by atoms with E-state index < -0.39 is 0 Å². The number of hydrogen-bond donors (Lipinski definition) is 1. The van der Waals surface area contributed by atoms with Gasteiger partial charge in [-0.25, -0.2) is 4.79 Å². The number of anilines is 1. The maximum atomic E-state index is 12.3. The molecule has 126 valence electrons. The number of ether oxygens (including phenoxy) is 1. The van der Waals surface area contributed by atoms with Gasteiger partial charge >= 0.3 is 6.03 Å². The van der Waals surface area contributed by atoms with Crippen LogP contribution in [-0.4, -0.2) is 35.1 Å². The molecule has 8 heteroatoms. The molecule has 1 aromatic heterocycles. The second-order valence-corrected chi connectivity index (χ2v) is 6.56. The Bertz CT molecular complexity index is 757. The Morgan fingerprint density at radius 3 is 2.79 bits per heavy atom. The molecule has 2 aromatic rings. The zero-order valence-electron chi connectivity index (χ0n) is 12.5. The van der Waals surface area contributed by atoms with Crippen LogP contribution in [0.5, 0.6) is 5.75 Å². The van der Waals surface area contributed by atoms with E-state index in [1.807, 2.05) is 0 Å². The Balaban J connectivity index is 1.57. The van der Waals surface area contributed by atoms with Gasteiger partial charge in [-0.1, -0.05) is 34.8 Å². The number of rotatable bonds is 3. The molecule has 0 bridgehead atoms. The summed E-state index contributed by atoms with van der Waals surface area (Å²) in [7, 11) is 0. The molecule has 0 saturated carbocycles. The summed E-state index contributed by atoms with van der Waals surface area (Å²) in [4.78, 5) is 17.9. The Morgan fingerprint density at radius 2 is 2.04 bits per heavy atom. The Morgan fingerprint density at radius 1 is 1.21 bits per heavy atom. The fourth-order valence-corrected chi connectivity index (χ4v) is 2.88. The summed E-state index contributed by atoms with van der Waals surface area (Å²) in [6.07, 6.45) is 3.77. The van der Waals surface area contributed by atoms with Crippen LogP contribution in [0.3, 0.4) is 0 Å². The van der Waals surface area contributed by atoms with Crippen LogP contribution in [0.15, 0.2) is 36.7 Å². The Labute approximate surface area is 154 Å². The zero-order valence-corrected chi connectivity index (χ0v) is 14.8. The normalized spacial score (nSPS) is 17.0. The number of benzene rings is 1. The van der Waals surface area contributed by atoms with Gasteiger partial charge in [-0.3, -0.25) is 4.98 Å². The fraction of sp³-hybridized carbons (Fsp3) is 0.250. The molecule has 1 aliphatic heterocycles. The second kappa shape index (κ2) is 7.47. The van der Waals surface area contributed by atoms with Gasteiger partial charge in [-0.2, -0.15) is 0 Å². The van der Waals surface area contributed by atoms with E-state index in [0.29, 0.717) is 39.6 Å². The summed E-state index contributed by atoms with van der Waals surface area (Å²) in [5.41, 5.74) is 0.593. The highest BCUT2D eigenvalue weighted by atomic mass is 35.5. The lowest BCUT2D eigenvalue weighted by Gasteiger charge is -2.18. The topological polar surface area (TPSA) is 54.5 Å². The number of nitrogens with zero attached hydrogens (tertiary/aromatic N) is 2. The van der Waals surface area contributed by atoms with Crippen LogP contribution in [0.25, 0.3) is 0 Å². The van der Waals surface area contributed by atoms with E-state index in [1.165, 1.54) is 6.20 Å². The van der Waals surface area contributed by atoms with E-state index in [1.54, 1.807) is 35.4 Å². The molecule has 1 aliphatic rings. The lowest BCUT2D eigenvalue weighted by Crippen LogP contribution is -2.34. The first-order valence-electron chi connectivity index (χ1n) is 7.30. The number of urea groups is 1. The minimum absolute atomic E-state index is 0.107. The first kappa shape index (κ1) is 17.1. The van der Waals surface area contributed by atoms with E-state index in [4.69, 9.17) is 39.5 Å². The molecule has 1 N–H and O–H groups in total. The number of nitrogens with one attached hydrogen (secondary N) is 1. The van der Waals surface area contributed by atoms with Gasteiger partial charge in [0.25, 0.3) is 0 Å². The highest BCUT2D eigenvalue weighted by Gasteiger charge is 2.28. The highest BCUT2D eigenvalue weighted by Crippen LogP contribution is 2.27. The van der Waals surface area contributed by atoms with Gasteiger partial charge < -0.3 is 15.0 Å². The van der Waals surface area contributed by atoms with Crippen LogP contribution in [0.2, 0.25) is 15.1 Å². The van der Waals surface area contributed by atoms with E-state index in [2.05, 4.69) is 10.3 Å². The van der Waals surface area contributed by atoms with Crippen molar-refractivity contribution in [2.24, 2.45) is 0 Å². The molecule has 1 unspecified atom stereocenters. The van der Waals surface area contributed by atoms with Crippen molar-refractivity contribution in [2.45, 2.75) is 12.5 Å². The Hall–Kier alpha value is -1.69. The van der Waals surface area contributed by atoms with E-state index in [-0.39, 0.29) is 12.1 Å². The summed E-state index contributed by atoms with van der Waals surface area (Å²) in [5.74, 6) is 0.573. The summed E-state index contributed by atoms with van der Waals surface area (Å²) in [6, 6.07) is 6.46. The van der Waals surface area contributed by atoms with Gasteiger partial charge in [-0.15, -0.1) is 0 Å². The van der Waals surface area contributed by atoms with E-state index >= 15 is 0 Å². The lowest BCUT2D eigenvalue weighted by atomic mass is 10.3. The van der Waals surface area contributed by atoms with Gasteiger partial charge in [0, 0.05) is 37.1 Å². The molecule has 1 atom stereocenters. The first-order chi connectivity index (χ1) is 11.5. The summed E-state index contributed by atoms with van der Waals surface area (Å²) < 4.78 is 5.84. The molecule has 2 amide bonds. The third-order valence-corrected chi connectivity index (χ3v) is 4.65. The van der Waals surface area contributed by atoms with Crippen molar-refractivity contribution in [3.8, 4) is 5.75 Å². The monoisotopic (exact) mass is 385 g/mol. The van der Waals surface area contributed by atoms with Crippen LogP contribution in [-0.2, 0) is 0 Å². The Kier molecular flexibility index (Phi) is 5.33. The molecule has 1 aromatic carbocycles. The van der Waals surface area contributed by atoms with Crippen molar-refractivity contribution in [3.05, 3.63) is 51.7 Å². The van der Waals surface area contributed by atoms with Crippen LogP contribution in [0.1, 0.15) is 6.42 Å². The molecule has 0 spiro atoms. The predicted molar refractivity (Wildman–Crippen MR) is 95.3 cm³/mol. The van der Waals surface area contributed by atoms with Gasteiger partial charge in [-0.05, 0) is 18.2 Å². The fourth-order valence-electron chi connectivity index (χ4n) is 2.42. The predicted octanol–water partition coefficient (Wildman–Crippen LogP) is 4.73. The molecule has 2 heterocycles. The van der Waals surface area contributed by atoms with Crippen molar-refractivity contribution < 1.29 is 9.53 Å². The molecule has 0 aliphatic carbocycles. The maximum absolute atomic E-state index is 12.3. The SMILES string of the molecule is O=C(Nc1ccc(Cl)c(Cl)c1)N1CCC(Oc2ccncc2Cl)C1. The number of halogens is 3. The largest absolute Gasteiger partial charge is 0.487 e. The molecule has 5 nitrogen and oxygen atoms in total. The number of hydrogen-bond acceptors (Lipinski definition) is 3. The minimum atomic E-state index is -0.208. The molecule has 1 saturated heterocycles. The van der Waals surface area contributed by atoms with E-state index in [0.717, 1.165) is 6.42 Å². The van der Waals surface area contributed by atoms with Crippen molar-refractivity contribution in [2.75, 3.05) is 18.4 Å². The number of carbonyl (C=O) groups excluding carboxylic acids is 1. The van der Waals surface area contributed by atoms with Gasteiger partial charge in [0.1, 0.15) is 16.9 Å². The van der Waals surface area contributed by atoms with Crippen LogP contribution < -0.4 is 10.1 Å². The zero-order chi connectivity index (χ0) is 17.1. The second-order valence-electron chi connectivity index (χ2n) is 5.34. The number of carbonyl (C=O) groups is 1. The molecule has 24 heavy (non-hydrogen) atoms. The van der Waals surface area contributed by atoms with Crippen LogP contribution in [0, 0.1) is 0 Å². The average Bonchev–Trinajstić information content (AvgIpc) is 3.02. The van der Waals surface area contributed by atoms with Gasteiger partial charge in [0.2, 0.25) is 0 Å². The summed E-state index contributed by atoms with van der Waals surface area (Å²) in [5, 5.41) is 4.09. The lowest BCUT2D eigenvalue weighted by molar-refractivity contribution is 0.195. The molecular weight excluding hydrogens is 373 g/mol. The van der Waals surface area contributed by atoms with Crippen molar-refractivity contribution in [1.29, 1.82) is 0 Å². The first-order valence-corrected chi connectivity index (χ1v) is 8.43. The molecule has 3 rings (SSSR count). The smallest absolute Gasteiger partial charge is 0.321 e. The minimum Gasteiger partial charge on any atom is -0.487 e. The van der Waals surface area contributed by atoms with Crippen LogP contribution >= 0.6 is 34.8 Å². The average molecular weight is 387 g/mol. The molecule has 1 fully saturated rings. The third-order valence-electron chi connectivity index (χ3n) is 3.63. The quantitative estimate of drug-likeness (QED) is 0.830. The van der Waals surface area contributed by atoms with Crippen molar-refractivity contribution >= 4 is 46.5 Å². The van der Waals surface area contributed by atoms with Crippen molar-refractivity contribution in [1.82, 2.24) is 9.88 Å². The number of aromatic nitrogens is 1. The van der Waals surface area contributed by atoms with Gasteiger partial charge in [0.15, 0.2) is 0 Å². The molecule has 0 radical (unpaired) electrons. The summed E-state index contributed by atoms with van der Waals surface area (Å²) >= 11 is 17.8. The highest BCUT2D eigenvalue weighted by molar-refractivity contribution is 6.42. The number of amides is 2. The van der Waals surface area contributed by atoms with Gasteiger partial charge in [0.05, 0.1) is 16.6 Å². The van der Waals surface area contributed by atoms with E-state index in [9.17, 15) is 4.79 Å². The standard InChI is InChI=1S/C16H14Cl3N3O2/c17-12-2-1-10(7-13(12)18)21-16(23)22-6-4-11(9-22)24-15-3-5-20-8-14(15)19/h1-3,5,7-8,11H,4,6,9H2,(H,21,23). The number of pyridine rings is 1. The third kappa shape index (κ3) is 4.04. The number of likely N-dealkylation sites (tertiary alicyclic amines) is 1. The maximum Gasteiger partial charge on any atom is 0.321 e. The van der Waals surface area contributed by atoms with Crippen molar-refractivity contribution in [3.63, 3.8) is 0 Å². The summed E-state index contributed by atoms with van der Waals surface area (Å²) in [6.45, 7) is 1.08. The van der Waals surface area contributed by atoms with Crippen LogP contribution in [0.4, 0.5) is 10.5 Å².